The van der Waals surface area contributed by atoms with Gasteiger partial charge in [0, 0.05) is 32.6 Å². The summed E-state index contributed by atoms with van der Waals surface area (Å²) in [6.45, 7) is 11.9. The molecule has 2 heterocycles. The molecule has 0 saturated carbocycles. The van der Waals surface area contributed by atoms with E-state index in [-0.39, 0.29) is 0 Å². The van der Waals surface area contributed by atoms with E-state index in [1.54, 1.807) is 0 Å². The predicted octanol–water partition coefficient (Wildman–Crippen LogP) is 1.96. The number of carbonyl (C=O) groups is 1. The molecule has 2 aliphatic heterocycles. The average molecular weight is 295 g/mol. The summed E-state index contributed by atoms with van der Waals surface area (Å²) in [5.41, 5.74) is 0. The Bertz CT molecular complexity index is 305. The van der Waals surface area contributed by atoms with E-state index in [0.717, 1.165) is 57.4 Å². The lowest BCUT2D eigenvalue weighted by atomic mass is 9.88. The van der Waals surface area contributed by atoms with Gasteiger partial charge in [-0.15, -0.1) is 0 Å². The summed E-state index contributed by atoms with van der Waals surface area (Å²) in [5.74, 6) is 2.12. The second-order valence-electron chi connectivity index (χ2n) is 7.15. The van der Waals surface area contributed by atoms with Gasteiger partial charge in [-0.05, 0) is 57.2 Å². The normalized spacial score (nSPS) is 22.0. The van der Waals surface area contributed by atoms with E-state index in [1.807, 2.05) is 4.90 Å². The molecule has 0 bridgehead atoms. The minimum atomic E-state index is 0.353. The molecule has 0 aromatic carbocycles. The molecule has 1 N–H and O–H groups in total. The van der Waals surface area contributed by atoms with Gasteiger partial charge in [-0.2, -0.15) is 0 Å². The van der Waals surface area contributed by atoms with Gasteiger partial charge in [-0.3, -0.25) is 4.79 Å². The lowest BCUT2D eigenvalue weighted by molar-refractivity contribution is -0.131. The van der Waals surface area contributed by atoms with Gasteiger partial charge in [0.25, 0.3) is 0 Å². The van der Waals surface area contributed by atoms with Crippen molar-refractivity contribution < 1.29 is 4.79 Å². The molecular weight excluding hydrogens is 262 g/mol. The van der Waals surface area contributed by atoms with Gasteiger partial charge in [-0.25, -0.2) is 0 Å². The van der Waals surface area contributed by atoms with Gasteiger partial charge in [0.2, 0.25) is 5.91 Å². The van der Waals surface area contributed by atoms with Gasteiger partial charge in [-0.1, -0.05) is 13.8 Å². The number of likely N-dealkylation sites (tertiary alicyclic amines) is 1. The molecule has 0 atom stereocenters. The van der Waals surface area contributed by atoms with E-state index in [9.17, 15) is 4.79 Å². The van der Waals surface area contributed by atoms with Crippen LogP contribution in [0.4, 0.5) is 0 Å². The Morgan fingerprint density at radius 2 is 1.81 bits per heavy atom. The zero-order valence-corrected chi connectivity index (χ0v) is 13.9. The second-order valence-corrected chi connectivity index (χ2v) is 7.15. The van der Waals surface area contributed by atoms with E-state index >= 15 is 0 Å². The topological polar surface area (TPSA) is 35.6 Å². The molecule has 0 radical (unpaired) electrons. The number of rotatable bonds is 6. The number of piperidine rings is 1. The molecule has 2 aliphatic rings. The third-order valence-corrected chi connectivity index (χ3v) is 4.85. The van der Waals surface area contributed by atoms with Gasteiger partial charge < -0.3 is 15.1 Å². The highest BCUT2D eigenvalue weighted by atomic mass is 16.2. The van der Waals surface area contributed by atoms with Gasteiger partial charge in [0.05, 0.1) is 0 Å². The van der Waals surface area contributed by atoms with Crippen LogP contribution >= 0.6 is 0 Å². The van der Waals surface area contributed by atoms with Crippen LogP contribution in [0.15, 0.2) is 0 Å². The first kappa shape index (κ1) is 16.8. The molecule has 2 saturated heterocycles. The maximum Gasteiger partial charge on any atom is 0.222 e. The van der Waals surface area contributed by atoms with Crippen LogP contribution in [0.25, 0.3) is 0 Å². The summed E-state index contributed by atoms with van der Waals surface area (Å²) < 4.78 is 0. The number of amides is 1. The van der Waals surface area contributed by atoms with Crippen LogP contribution in [0.2, 0.25) is 0 Å². The van der Waals surface area contributed by atoms with Crippen LogP contribution in [0.1, 0.15) is 46.0 Å². The summed E-state index contributed by atoms with van der Waals surface area (Å²) >= 11 is 0. The van der Waals surface area contributed by atoms with Crippen LogP contribution in [0.5, 0.6) is 0 Å². The molecule has 4 heteroatoms. The zero-order chi connectivity index (χ0) is 15.1. The Morgan fingerprint density at radius 3 is 2.43 bits per heavy atom. The maximum absolute atomic E-state index is 12.1. The summed E-state index contributed by atoms with van der Waals surface area (Å²) in [7, 11) is 0. The lowest BCUT2D eigenvalue weighted by Gasteiger charge is -2.33. The van der Waals surface area contributed by atoms with Crippen molar-refractivity contribution in [3.8, 4) is 0 Å². The lowest BCUT2D eigenvalue weighted by Crippen LogP contribution is -2.46. The van der Waals surface area contributed by atoms with Crippen molar-refractivity contribution in [1.82, 2.24) is 15.1 Å². The van der Waals surface area contributed by atoms with Gasteiger partial charge >= 0.3 is 0 Å². The van der Waals surface area contributed by atoms with Crippen LogP contribution in [0.3, 0.4) is 0 Å². The molecule has 0 aliphatic carbocycles. The fourth-order valence-electron chi connectivity index (χ4n) is 3.64. The van der Waals surface area contributed by atoms with E-state index in [4.69, 9.17) is 0 Å². The Kier molecular flexibility index (Phi) is 6.97. The quantitative estimate of drug-likeness (QED) is 0.813. The number of piperazine rings is 1. The van der Waals surface area contributed by atoms with E-state index in [0.29, 0.717) is 5.91 Å². The summed E-state index contributed by atoms with van der Waals surface area (Å²) in [5, 5.41) is 3.29. The standard InChI is InChI=1S/C17H33N3O/c1-15(2)14-16-5-10-19(11-6-16)9-3-4-17(21)20-12-7-18-8-13-20/h15-16,18H,3-14H2,1-2H3. The van der Waals surface area contributed by atoms with Crippen molar-refractivity contribution in [2.45, 2.75) is 46.0 Å². The van der Waals surface area contributed by atoms with Crippen LogP contribution in [-0.2, 0) is 4.79 Å². The molecule has 4 nitrogen and oxygen atoms in total. The Labute approximate surface area is 130 Å². The molecule has 0 aromatic heterocycles. The number of hydrogen-bond donors (Lipinski definition) is 1. The smallest absolute Gasteiger partial charge is 0.222 e. The third kappa shape index (κ3) is 5.95. The van der Waals surface area contributed by atoms with Gasteiger partial charge in [0.15, 0.2) is 0 Å². The first-order chi connectivity index (χ1) is 10.1. The van der Waals surface area contributed by atoms with Crippen molar-refractivity contribution >= 4 is 5.91 Å². The van der Waals surface area contributed by atoms with E-state index in [2.05, 4.69) is 24.1 Å². The molecule has 1 amide bonds. The Hall–Kier alpha value is -0.610. The molecule has 0 spiro atoms. The van der Waals surface area contributed by atoms with E-state index in [1.165, 1.54) is 32.4 Å². The van der Waals surface area contributed by atoms with Crippen molar-refractivity contribution in [2.24, 2.45) is 11.8 Å². The molecule has 0 aromatic rings. The highest BCUT2D eigenvalue weighted by Crippen LogP contribution is 2.24. The van der Waals surface area contributed by atoms with Crippen molar-refractivity contribution in [1.29, 1.82) is 0 Å². The minimum absolute atomic E-state index is 0.353. The van der Waals surface area contributed by atoms with Crippen molar-refractivity contribution in [3.05, 3.63) is 0 Å². The Balaban J connectivity index is 1.56. The van der Waals surface area contributed by atoms with E-state index < -0.39 is 0 Å². The third-order valence-electron chi connectivity index (χ3n) is 4.85. The number of carbonyl (C=O) groups excluding carboxylic acids is 1. The first-order valence-corrected chi connectivity index (χ1v) is 8.86. The highest BCUT2D eigenvalue weighted by molar-refractivity contribution is 5.76. The highest BCUT2D eigenvalue weighted by Gasteiger charge is 2.20. The molecule has 0 unspecified atom stereocenters. The van der Waals surface area contributed by atoms with Crippen LogP contribution in [0, 0.1) is 11.8 Å². The van der Waals surface area contributed by atoms with Gasteiger partial charge in [0.1, 0.15) is 0 Å². The largest absolute Gasteiger partial charge is 0.340 e. The number of nitrogens with one attached hydrogen (secondary N) is 1. The summed E-state index contributed by atoms with van der Waals surface area (Å²) in [4.78, 5) is 16.7. The Morgan fingerprint density at radius 1 is 1.14 bits per heavy atom. The SMILES string of the molecule is CC(C)CC1CCN(CCCC(=O)N2CCNCC2)CC1. The van der Waals surface area contributed by atoms with Crippen molar-refractivity contribution in [2.75, 3.05) is 45.8 Å². The maximum atomic E-state index is 12.1. The molecular formula is C17H33N3O. The second kappa shape index (κ2) is 8.74. The molecule has 122 valence electrons. The van der Waals surface area contributed by atoms with Crippen LogP contribution < -0.4 is 5.32 Å². The molecule has 2 fully saturated rings. The average Bonchev–Trinajstić information content (AvgIpc) is 2.49. The monoisotopic (exact) mass is 295 g/mol. The zero-order valence-electron chi connectivity index (χ0n) is 13.9. The molecule has 2 rings (SSSR count). The predicted molar refractivity (Wildman–Crippen MR) is 87.3 cm³/mol. The fraction of sp³-hybridized carbons (Fsp3) is 0.941. The van der Waals surface area contributed by atoms with Crippen molar-refractivity contribution in [3.63, 3.8) is 0 Å². The number of hydrogen-bond acceptors (Lipinski definition) is 3. The molecule has 21 heavy (non-hydrogen) atoms. The number of nitrogens with zero attached hydrogens (tertiary/aromatic N) is 2. The fourth-order valence-corrected chi connectivity index (χ4v) is 3.64. The minimum Gasteiger partial charge on any atom is -0.340 e. The van der Waals surface area contributed by atoms with Crippen LogP contribution in [-0.4, -0.2) is 61.5 Å². The summed E-state index contributed by atoms with van der Waals surface area (Å²) in [6, 6.07) is 0. The summed E-state index contributed by atoms with van der Waals surface area (Å²) in [6.07, 6.45) is 5.84. The first-order valence-electron chi connectivity index (χ1n) is 8.86.